The van der Waals surface area contributed by atoms with E-state index in [9.17, 15) is 9.59 Å². The quantitative estimate of drug-likeness (QED) is 0.742. The topological polar surface area (TPSA) is 49.4 Å². The molecule has 0 atom stereocenters. The third-order valence-corrected chi connectivity index (χ3v) is 3.99. The molecule has 0 aromatic heterocycles. The van der Waals surface area contributed by atoms with Gasteiger partial charge in [0.2, 0.25) is 5.91 Å². The lowest BCUT2D eigenvalue weighted by Crippen LogP contribution is -2.40. The Balaban J connectivity index is 1.72. The molecule has 130 valence electrons. The number of anilines is 1. The molecule has 0 bridgehead atoms. The van der Waals surface area contributed by atoms with E-state index in [-0.39, 0.29) is 18.4 Å². The lowest BCUT2D eigenvalue weighted by molar-refractivity contribution is -0.117. The summed E-state index contributed by atoms with van der Waals surface area (Å²) >= 11 is 0. The molecule has 0 saturated carbocycles. The van der Waals surface area contributed by atoms with Crippen LogP contribution in [0.4, 0.5) is 5.69 Å². The Morgan fingerprint density at radius 1 is 0.731 bits per heavy atom. The maximum atomic E-state index is 12.8. The number of amides is 2. The average Bonchev–Trinajstić information content (AvgIpc) is 2.72. The molecule has 0 aliphatic carbocycles. The van der Waals surface area contributed by atoms with Gasteiger partial charge in [0.15, 0.2) is 0 Å². The zero-order valence-corrected chi connectivity index (χ0v) is 14.3. The average molecular weight is 344 g/mol. The van der Waals surface area contributed by atoms with Crippen molar-refractivity contribution in [3.05, 3.63) is 102 Å². The second kappa shape index (κ2) is 8.62. The Morgan fingerprint density at radius 3 is 1.88 bits per heavy atom. The summed E-state index contributed by atoms with van der Waals surface area (Å²) in [7, 11) is 0. The van der Waals surface area contributed by atoms with Crippen molar-refractivity contribution in [3.8, 4) is 0 Å². The van der Waals surface area contributed by atoms with Crippen LogP contribution in [0.2, 0.25) is 0 Å². The highest BCUT2D eigenvalue weighted by atomic mass is 16.2. The van der Waals surface area contributed by atoms with E-state index >= 15 is 0 Å². The molecule has 2 amide bonds. The first kappa shape index (κ1) is 17.4. The van der Waals surface area contributed by atoms with Gasteiger partial charge in [-0.1, -0.05) is 66.7 Å². The minimum Gasteiger partial charge on any atom is -0.343 e. The second-order valence-corrected chi connectivity index (χ2v) is 5.85. The Morgan fingerprint density at radius 2 is 1.27 bits per heavy atom. The van der Waals surface area contributed by atoms with Crippen LogP contribution in [0.5, 0.6) is 0 Å². The monoisotopic (exact) mass is 344 g/mol. The molecule has 0 aliphatic heterocycles. The third-order valence-electron chi connectivity index (χ3n) is 3.99. The Hall–Kier alpha value is -3.40. The third kappa shape index (κ3) is 4.57. The molecule has 0 unspecified atom stereocenters. The molecule has 3 aromatic carbocycles. The van der Waals surface area contributed by atoms with Gasteiger partial charge in [0.05, 0.1) is 13.1 Å². The molecule has 0 heterocycles. The van der Waals surface area contributed by atoms with Crippen LogP contribution in [0.15, 0.2) is 91.0 Å². The number of nitrogens with zero attached hydrogens (tertiary/aromatic N) is 1. The number of hydrogen-bond donors (Lipinski definition) is 1. The van der Waals surface area contributed by atoms with Gasteiger partial charge in [-0.2, -0.15) is 0 Å². The molecule has 0 radical (unpaired) electrons. The van der Waals surface area contributed by atoms with Crippen molar-refractivity contribution in [1.82, 2.24) is 5.32 Å². The summed E-state index contributed by atoms with van der Waals surface area (Å²) in [6.45, 7) is 0.389. The number of carbonyl (C=O) groups excluding carboxylic acids is 2. The highest BCUT2D eigenvalue weighted by Crippen LogP contribution is 2.17. The molecule has 0 aliphatic rings. The molecular weight excluding hydrogens is 324 g/mol. The predicted molar refractivity (Wildman–Crippen MR) is 103 cm³/mol. The number of benzene rings is 3. The molecule has 0 saturated heterocycles. The zero-order chi connectivity index (χ0) is 18.2. The van der Waals surface area contributed by atoms with Crippen molar-refractivity contribution in [3.63, 3.8) is 0 Å². The zero-order valence-electron chi connectivity index (χ0n) is 14.3. The summed E-state index contributed by atoms with van der Waals surface area (Å²) in [4.78, 5) is 26.7. The van der Waals surface area contributed by atoms with Gasteiger partial charge in [-0.3, -0.25) is 9.59 Å². The van der Waals surface area contributed by atoms with Crippen LogP contribution in [0, 0.1) is 0 Å². The van der Waals surface area contributed by atoms with E-state index in [1.54, 1.807) is 29.2 Å². The molecule has 0 spiro atoms. The van der Waals surface area contributed by atoms with Crippen molar-refractivity contribution >= 4 is 17.5 Å². The molecule has 4 heteroatoms. The van der Waals surface area contributed by atoms with Crippen LogP contribution in [-0.2, 0) is 11.3 Å². The fraction of sp³-hybridized carbons (Fsp3) is 0.0909. The van der Waals surface area contributed by atoms with Crippen LogP contribution < -0.4 is 10.2 Å². The Bertz CT molecular complexity index is 849. The number of hydrogen-bond acceptors (Lipinski definition) is 2. The summed E-state index contributed by atoms with van der Waals surface area (Å²) in [5, 5.41) is 2.70. The summed E-state index contributed by atoms with van der Waals surface area (Å²) in [5.74, 6) is -0.420. The van der Waals surface area contributed by atoms with Gasteiger partial charge in [0.25, 0.3) is 5.91 Å². The van der Waals surface area contributed by atoms with E-state index in [4.69, 9.17) is 0 Å². The van der Waals surface area contributed by atoms with Crippen LogP contribution in [-0.4, -0.2) is 18.4 Å². The molecule has 26 heavy (non-hydrogen) atoms. The Labute approximate surface area is 153 Å². The molecule has 1 N–H and O–H groups in total. The number of rotatable bonds is 6. The summed E-state index contributed by atoms with van der Waals surface area (Å²) < 4.78 is 0. The maximum absolute atomic E-state index is 12.8. The minimum absolute atomic E-state index is 0.0601. The van der Waals surface area contributed by atoms with Crippen molar-refractivity contribution < 1.29 is 9.59 Å². The number of para-hydroxylation sites is 1. The van der Waals surface area contributed by atoms with Crippen LogP contribution in [0.25, 0.3) is 0 Å². The van der Waals surface area contributed by atoms with Crippen molar-refractivity contribution in [1.29, 1.82) is 0 Å². The van der Waals surface area contributed by atoms with E-state index in [0.29, 0.717) is 12.1 Å². The molecule has 0 fully saturated rings. The van der Waals surface area contributed by atoms with Gasteiger partial charge >= 0.3 is 0 Å². The molecular formula is C22H20N2O2. The lowest BCUT2D eigenvalue weighted by atomic mass is 10.2. The van der Waals surface area contributed by atoms with Crippen LogP contribution in [0.1, 0.15) is 15.9 Å². The van der Waals surface area contributed by atoms with E-state index < -0.39 is 0 Å². The van der Waals surface area contributed by atoms with Gasteiger partial charge in [0.1, 0.15) is 0 Å². The molecule has 3 rings (SSSR count). The fourth-order valence-corrected chi connectivity index (χ4v) is 2.64. The van der Waals surface area contributed by atoms with E-state index in [2.05, 4.69) is 5.32 Å². The van der Waals surface area contributed by atoms with Gasteiger partial charge in [0, 0.05) is 11.3 Å². The lowest BCUT2D eigenvalue weighted by Gasteiger charge is -2.23. The highest BCUT2D eigenvalue weighted by molar-refractivity contribution is 6.00. The normalized spacial score (nSPS) is 10.2. The van der Waals surface area contributed by atoms with Crippen molar-refractivity contribution in [2.24, 2.45) is 0 Å². The first-order chi connectivity index (χ1) is 12.7. The van der Waals surface area contributed by atoms with Crippen molar-refractivity contribution in [2.75, 3.05) is 11.4 Å². The molecule has 3 aromatic rings. The second-order valence-electron chi connectivity index (χ2n) is 5.85. The van der Waals surface area contributed by atoms with Gasteiger partial charge < -0.3 is 10.2 Å². The van der Waals surface area contributed by atoms with E-state index in [0.717, 1.165) is 11.3 Å². The van der Waals surface area contributed by atoms with Gasteiger partial charge in [-0.05, 0) is 29.8 Å². The first-order valence-electron chi connectivity index (χ1n) is 8.46. The predicted octanol–water partition coefficient (Wildman–Crippen LogP) is 3.65. The molecule has 4 nitrogen and oxygen atoms in total. The van der Waals surface area contributed by atoms with Crippen LogP contribution in [0.3, 0.4) is 0 Å². The van der Waals surface area contributed by atoms with Crippen molar-refractivity contribution in [2.45, 2.75) is 6.54 Å². The smallest absolute Gasteiger partial charge is 0.251 e. The number of carbonyl (C=O) groups is 2. The van der Waals surface area contributed by atoms with E-state index in [1.807, 2.05) is 66.7 Å². The maximum Gasteiger partial charge on any atom is 0.251 e. The Kier molecular flexibility index (Phi) is 5.78. The summed E-state index contributed by atoms with van der Waals surface area (Å²) in [6, 6.07) is 28.1. The first-order valence-corrected chi connectivity index (χ1v) is 8.46. The van der Waals surface area contributed by atoms with Crippen LogP contribution >= 0.6 is 0 Å². The van der Waals surface area contributed by atoms with Gasteiger partial charge in [-0.15, -0.1) is 0 Å². The van der Waals surface area contributed by atoms with Gasteiger partial charge in [-0.25, -0.2) is 0 Å². The minimum atomic E-state index is -0.258. The standard InChI is InChI=1S/C22H20N2O2/c25-21(16-23-22(26)19-12-6-2-7-13-19)24(20-14-8-3-9-15-20)17-18-10-4-1-5-11-18/h1-15H,16-17H2,(H,23,26). The summed E-state index contributed by atoms with van der Waals surface area (Å²) in [6.07, 6.45) is 0. The SMILES string of the molecule is O=C(NCC(=O)N(Cc1ccccc1)c1ccccc1)c1ccccc1. The summed E-state index contributed by atoms with van der Waals surface area (Å²) in [5.41, 5.74) is 2.36. The number of nitrogens with one attached hydrogen (secondary N) is 1. The largest absolute Gasteiger partial charge is 0.343 e. The fourth-order valence-electron chi connectivity index (χ4n) is 2.64. The highest BCUT2D eigenvalue weighted by Gasteiger charge is 2.17. The van der Waals surface area contributed by atoms with E-state index in [1.165, 1.54) is 0 Å².